The highest BCUT2D eigenvalue weighted by Gasteiger charge is 1.60. The predicted octanol–water partition coefficient (Wildman–Crippen LogP) is 4.58. The van der Waals surface area contributed by atoms with Crippen LogP contribution in [0.5, 0.6) is 0 Å². The molecule has 0 atom stereocenters. The van der Waals surface area contributed by atoms with E-state index in [1.165, 1.54) is 0 Å². The molecule has 0 spiro atoms. The second-order valence-corrected chi connectivity index (χ2v) is 1.59. The molecule has 0 aromatic rings. The van der Waals surface area contributed by atoms with Crippen molar-refractivity contribution in [1.82, 2.24) is 0 Å². The molecule has 0 N–H and O–H groups in total. The molecule has 0 nitrogen and oxygen atoms in total. The van der Waals surface area contributed by atoms with Crippen molar-refractivity contribution in [3.05, 3.63) is 24.3 Å². The van der Waals surface area contributed by atoms with E-state index in [9.17, 15) is 0 Å². The first-order valence-corrected chi connectivity index (χ1v) is 5.15. The van der Waals surface area contributed by atoms with Gasteiger partial charge in [-0.15, -0.1) is 5.92 Å². The zero-order valence-electron chi connectivity index (χ0n) is 10.0. The van der Waals surface area contributed by atoms with Gasteiger partial charge in [-0.1, -0.05) is 58.8 Å². The number of hydrogen-bond acceptors (Lipinski definition) is 0. The van der Waals surface area contributed by atoms with Crippen LogP contribution in [-0.2, 0) is 0 Å². The van der Waals surface area contributed by atoms with Crippen molar-refractivity contribution in [3.63, 3.8) is 0 Å². The number of hydrogen-bond donors (Lipinski definition) is 0. The summed E-state index contributed by atoms with van der Waals surface area (Å²) < 4.78 is 0. The summed E-state index contributed by atoms with van der Waals surface area (Å²) in [5.74, 6) is 5.60. The quantitative estimate of drug-likeness (QED) is 0.431. The topological polar surface area (TPSA) is 0 Å². The van der Waals surface area contributed by atoms with E-state index in [0.29, 0.717) is 0 Å². The second kappa shape index (κ2) is 30.5. The molecule has 0 bridgehead atoms. The summed E-state index contributed by atoms with van der Waals surface area (Å²) in [6.45, 7) is 11.9. The minimum atomic E-state index is 1.09. The molecule has 0 saturated heterocycles. The van der Waals surface area contributed by atoms with Crippen LogP contribution in [-0.4, -0.2) is 0 Å². The summed E-state index contributed by atoms with van der Waals surface area (Å²) in [6, 6.07) is 0. The minimum Gasteiger partial charge on any atom is -0.102 e. The summed E-state index contributed by atoms with van der Waals surface area (Å²) in [5, 5.41) is 0. The Kier molecular flexibility index (Phi) is 42.1. The Bertz CT molecular complexity index is 151. The third-order valence-corrected chi connectivity index (χ3v) is 0.807. The summed E-state index contributed by atoms with van der Waals surface area (Å²) in [4.78, 5) is 0. The molecule has 0 rings (SSSR count). The van der Waals surface area contributed by atoms with Crippen molar-refractivity contribution in [1.29, 1.82) is 0 Å². The fraction of sp³-hybridized carbons (Fsp3) is 0.538. The molecular formula is C13H24. The van der Waals surface area contributed by atoms with Crippen LogP contribution in [0.2, 0.25) is 0 Å². The van der Waals surface area contributed by atoms with Gasteiger partial charge in [0.25, 0.3) is 0 Å². The van der Waals surface area contributed by atoms with Gasteiger partial charge in [-0.25, -0.2) is 0 Å². The van der Waals surface area contributed by atoms with Crippen LogP contribution in [0, 0.1) is 11.8 Å². The van der Waals surface area contributed by atoms with Gasteiger partial charge in [0.2, 0.25) is 0 Å². The first-order chi connectivity index (χ1) is 6.41. The minimum absolute atomic E-state index is 1.09. The lowest BCUT2D eigenvalue weighted by molar-refractivity contribution is 1.22. The standard InChI is InChI=1S/C9H12.2C2H6/c1-3-5-7-9-8-6-4-2;2*1-2/h5,7-9H,3H2,1-2H3;2*1-2H3/b7-5-,9-8-;;. The average molecular weight is 180 g/mol. The summed E-state index contributed by atoms with van der Waals surface area (Å²) in [5.41, 5.74) is 0. The summed E-state index contributed by atoms with van der Waals surface area (Å²) in [6.07, 6.45) is 8.97. The average Bonchev–Trinajstić information content (AvgIpc) is 2.24. The first kappa shape index (κ1) is 18.0. The maximum Gasteiger partial charge on any atom is -0.00235 e. The molecule has 0 aliphatic carbocycles. The van der Waals surface area contributed by atoms with E-state index in [2.05, 4.69) is 24.8 Å². The van der Waals surface area contributed by atoms with E-state index in [1.807, 2.05) is 52.8 Å². The van der Waals surface area contributed by atoms with Gasteiger partial charge in [-0.3, -0.25) is 0 Å². The van der Waals surface area contributed by atoms with Crippen molar-refractivity contribution in [3.8, 4) is 11.8 Å². The van der Waals surface area contributed by atoms with E-state index in [4.69, 9.17) is 0 Å². The number of rotatable bonds is 2. The maximum absolute atomic E-state index is 2.83. The molecule has 76 valence electrons. The normalized spacial score (nSPS) is 7.85. The van der Waals surface area contributed by atoms with Crippen LogP contribution in [0.15, 0.2) is 24.3 Å². The summed E-state index contributed by atoms with van der Waals surface area (Å²) >= 11 is 0. The number of allylic oxidation sites excluding steroid dienone is 4. The van der Waals surface area contributed by atoms with Gasteiger partial charge >= 0.3 is 0 Å². The Morgan fingerprint density at radius 3 is 1.92 bits per heavy atom. The van der Waals surface area contributed by atoms with Crippen molar-refractivity contribution in [2.24, 2.45) is 0 Å². The molecule has 0 aliphatic rings. The SMILES string of the molecule is CC.CC.CC#C/C=C\C=C/CC. The summed E-state index contributed by atoms with van der Waals surface area (Å²) in [7, 11) is 0. The van der Waals surface area contributed by atoms with E-state index >= 15 is 0 Å². The largest absolute Gasteiger partial charge is 0.102 e. The van der Waals surface area contributed by atoms with Crippen molar-refractivity contribution < 1.29 is 0 Å². The van der Waals surface area contributed by atoms with Crippen molar-refractivity contribution in [2.45, 2.75) is 48.0 Å². The van der Waals surface area contributed by atoms with E-state index in [-0.39, 0.29) is 0 Å². The van der Waals surface area contributed by atoms with Crippen LogP contribution in [0.3, 0.4) is 0 Å². The third-order valence-electron chi connectivity index (χ3n) is 0.807. The Labute approximate surface area is 84.8 Å². The molecular weight excluding hydrogens is 156 g/mol. The van der Waals surface area contributed by atoms with E-state index in [0.717, 1.165) is 6.42 Å². The lowest BCUT2D eigenvalue weighted by Gasteiger charge is -1.70. The molecule has 0 aromatic carbocycles. The molecule has 13 heavy (non-hydrogen) atoms. The third kappa shape index (κ3) is 35.5. The van der Waals surface area contributed by atoms with Crippen LogP contribution in [0.1, 0.15) is 48.0 Å². The highest BCUT2D eigenvalue weighted by Crippen LogP contribution is 1.79. The molecule has 0 aromatic heterocycles. The van der Waals surface area contributed by atoms with Crippen molar-refractivity contribution in [2.75, 3.05) is 0 Å². The van der Waals surface area contributed by atoms with Gasteiger partial charge in [-0.2, -0.15) is 0 Å². The van der Waals surface area contributed by atoms with Gasteiger partial charge in [0.05, 0.1) is 0 Å². The molecule has 0 heterocycles. The van der Waals surface area contributed by atoms with Crippen LogP contribution < -0.4 is 0 Å². The Hall–Kier alpha value is -0.960. The van der Waals surface area contributed by atoms with Gasteiger partial charge in [0.1, 0.15) is 0 Å². The highest BCUT2D eigenvalue weighted by molar-refractivity contribution is 5.18. The van der Waals surface area contributed by atoms with Crippen LogP contribution >= 0.6 is 0 Å². The van der Waals surface area contributed by atoms with Gasteiger partial charge < -0.3 is 0 Å². The molecule has 0 saturated carbocycles. The van der Waals surface area contributed by atoms with Crippen LogP contribution in [0.25, 0.3) is 0 Å². The van der Waals surface area contributed by atoms with E-state index in [1.54, 1.807) is 0 Å². The predicted molar refractivity (Wildman–Crippen MR) is 64.7 cm³/mol. The Balaban J connectivity index is -0.000000218. The lowest BCUT2D eigenvalue weighted by atomic mass is 10.4. The monoisotopic (exact) mass is 180 g/mol. The fourth-order valence-electron chi connectivity index (χ4n) is 0.402. The molecule has 0 heteroatoms. The Morgan fingerprint density at radius 1 is 1.00 bits per heavy atom. The van der Waals surface area contributed by atoms with Gasteiger partial charge in [0, 0.05) is 0 Å². The maximum atomic E-state index is 2.83. The smallest absolute Gasteiger partial charge is 0.00235 e. The molecule has 0 amide bonds. The van der Waals surface area contributed by atoms with Crippen LogP contribution in [0.4, 0.5) is 0 Å². The fourth-order valence-corrected chi connectivity index (χ4v) is 0.402. The molecule has 0 fully saturated rings. The first-order valence-electron chi connectivity index (χ1n) is 5.15. The zero-order chi connectivity index (χ0) is 10.9. The van der Waals surface area contributed by atoms with E-state index < -0.39 is 0 Å². The zero-order valence-corrected chi connectivity index (χ0v) is 10.0. The van der Waals surface area contributed by atoms with Gasteiger partial charge in [0.15, 0.2) is 0 Å². The molecule has 0 aliphatic heterocycles. The highest BCUT2D eigenvalue weighted by atomic mass is 13.7. The molecule has 0 unspecified atom stereocenters. The molecule has 0 radical (unpaired) electrons. The van der Waals surface area contributed by atoms with Gasteiger partial charge in [-0.05, 0) is 19.4 Å². The second-order valence-electron chi connectivity index (χ2n) is 1.59. The lowest BCUT2D eigenvalue weighted by Crippen LogP contribution is -1.51. The Morgan fingerprint density at radius 2 is 1.54 bits per heavy atom. The van der Waals surface area contributed by atoms with Crippen molar-refractivity contribution >= 4 is 0 Å².